The highest BCUT2D eigenvalue weighted by atomic mass is 35.5. The summed E-state index contributed by atoms with van der Waals surface area (Å²) in [4.78, 5) is 48.7. The van der Waals surface area contributed by atoms with Crippen molar-refractivity contribution in [3.05, 3.63) is 69.7 Å². The van der Waals surface area contributed by atoms with Crippen LogP contribution < -0.4 is 10.6 Å². The highest BCUT2D eigenvalue weighted by Crippen LogP contribution is 2.20. The molecule has 0 unspecified atom stereocenters. The molecule has 2 amide bonds. The van der Waals surface area contributed by atoms with E-state index in [0.29, 0.717) is 21.2 Å². The minimum atomic E-state index is -1.27. The van der Waals surface area contributed by atoms with Crippen LogP contribution in [0.1, 0.15) is 29.4 Å². The zero-order valence-electron chi connectivity index (χ0n) is 17.2. The van der Waals surface area contributed by atoms with E-state index in [1.807, 2.05) is 0 Å². The first-order chi connectivity index (χ1) is 15.8. The predicted molar refractivity (Wildman–Crippen MR) is 120 cm³/mol. The molecule has 0 fully saturated rings. The average Bonchev–Trinajstić information content (AvgIpc) is 2.81. The van der Waals surface area contributed by atoms with Crippen LogP contribution in [0.3, 0.4) is 0 Å². The zero-order chi connectivity index (χ0) is 24.4. The molecule has 0 aliphatic carbocycles. The maximum atomic E-state index is 12.3. The lowest BCUT2D eigenvalue weighted by molar-refractivity contribution is -0.138. The molecule has 33 heavy (non-hydrogen) atoms. The Morgan fingerprint density at radius 3 is 1.33 bits per heavy atom. The molecule has 0 spiro atoms. The van der Waals surface area contributed by atoms with Gasteiger partial charge >= 0.3 is 0 Å². The lowest BCUT2D eigenvalue weighted by Gasteiger charge is -2.11. The van der Waals surface area contributed by atoms with Gasteiger partial charge in [0.15, 0.2) is 0 Å². The van der Waals surface area contributed by atoms with Crippen LogP contribution in [0.4, 0.5) is 0 Å². The summed E-state index contributed by atoms with van der Waals surface area (Å²) in [5, 5.41) is 24.1. The Labute approximate surface area is 200 Å². The summed E-state index contributed by atoms with van der Waals surface area (Å²) in [6.07, 6.45) is 0.217. The highest BCUT2D eigenvalue weighted by Gasteiger charge is 2.27. The SMILES string of the molecule is N#C[C@@H](C(=O)C(=O)NCCCNC(=O)C(=O)[C@H](C#N)c1ccc(Cl)cc1)c1ccc(Cl)cc1. The predicted octanol–water partition coefficient (Wildman–Crippen LogP) is 2.67. The molecule has 0 aliphatic heterocycles. The maximum absolute atomic E-state index is 12.3. The van der Waals surface area contributed by atoms with Crippen molar-refractivity contribution in [2.24, 2.45) is 0 Å². The summed E-state index contributed by atoms with van der Waals surface area (Å²) in [7, 11) is 0. The standard InChI is InChI=1S/C23H18Cl2N4O4/c24-16-6-2-14(3-7-16)18(12-26)20(30)22(32)28-10-1-11-29-23(33)21(31)19(13-27)15-4-8-17(25)9-5-15/h2-9,18-19H,1,10-11H2,(H,28,32)(H,29,33)/t18-,19-/m1/s1. The first-order valence-corrected chi connectivity index (χ1v) is 10.5. The second-order valence-electron chi connectivity index (χ2n) is 6.82. The Balaban J connectivity index is 1.79. The van der Waals surface area contributed by atoms with Crippen LogP contribution in [0.15, 0.2) is 48.5 Å². The van der Waals surface area contributed by atoms with Crippen molar-refractivity contribution < 1.29 is 19.2 Å². The third kappa shape index (κ3) is 7.15. The number of hydrogen-bond donors (Lipinski definition) is 2. The van der Waals surface area contributed by atoms with Gasteiger partial charge in [-0.2, -0.15) is 10.5 Å². The van der Waals surface area contributed by atoms with Crippen molar-refractivity contribution in [1.29, 1.82) is 10.5 Å². The van der Waals surface area contributed by atoms with Gasteiger partial charge in [0, 0.05) is 23.1 Å². The average molecular weight is 485 g/mol. The van der Waals surface area contributed by atoms with Crippen molar-refractivity contribution in [3.8, 4) is 12.1 Å². The Kier molecular flexibility index (Phi) is 9.56. The monoisotopic (exact) mass is 484 g/mol. The van der Waals surface area contributed by atoms with Gasteiger partial charge in [-0.1, -0.05) is 47.5 Å². The van der Waals surface area contributed by atoms with Gasteiger partial charge in [-0.05, 0) is 41.8 Å². The Bertz CT molecular complexity index is 1030. The third-order valence-electron chi connectivity index (χ3n) is 4.56. The van der Waals surface area contributed by atoms with E-state index in [4.69, 9.17) is 23.2 Å². The molecule has 0 saturated heterocycles. The Hall–Kier alpha value is -3.72. The maximum Gasteiger partial charge on any atom is 0.289 e. The summed E-state index contributed by atoms with van der Waals surface area (Å²) < 4.78 is 0. The van der Waals surface area contributed by atoms with Crippen LogP contribution >= 0.6 is 23.2 Å². The van der Waals surface area contributed by atoms with E-state index >= 15 is 0 Å². The molecule has 2 aromatic carbocycles. The van der Waals surface area contributed by atoms with Gasteiger partial charge in [0.25, 0.3) is 11.8 Å². The fraction of sp³-hybridized carbons (Fsp3) is 0.217. The number of nitriles is 2. The fourth-order valence-electron chi connectivity index (χ4n) is 2.81. The number of hydrogen-bond acceptors (Lipinski definition) is 6. The zero-order valence-corrected chi connectivity index (χ0v) is 18.7. The van der Waals surface area contributed by atoms with Gasteiger partial charge in [-0.3, -0.25) is 19.2 Å². The summed E-state index contributed by atoms with van der Waals surface area (Å²) >= 11 is 11.6. The number of halogens is 2. The number of benzene rings is 2. The van der Waals surface area contributed by atoms with Crippen LogP contribution in [-0.4, -0.2) is 36.5 Å². The number of rotatable bonds is 10. The molecule has 0 radical (unpaired) electrons. The summed E-state index contributed by atoms with van der Waals surface area (Å²) in [5.74, 6) is -6.25. The van der Waals surface area contributed by atoms with E-state index in [0.717, 1.165) is 0 Å². The molecule has 2 rings (SSSR count). The van der Waals surface area contributed by atoms with E-state index < -0.39 is 35.2 Å². The number of amides is 2. The number of carbonyl (C=O) groups excluding carboxylic acids is 4. The molecular weight excluding hydrogens is 467 g/mol. The summed E-state index contributed by atoms with van der Waals surface area (Å²) in [6, 6.07) is 15.6. The lowest BCUT2D eigenvalue weighted by Crippen LogP contribution is -2.38. The third-order valence-corrected chi connectivity index (χ3v) is 5.07. The molecule has 0 bridgehead atoms. The summed E-state index contributed by atoms with van der Waals surface area (Å²) in [6.45, 7) is 0.0490. The van der Waals surface area contributed by atoms with Gasteiger partial charge < -0.3 is 10.6 Å². The number of ketones is 2. The fourth-order valence-corrected chi connectivity index (χ4v) is 3.06. The molecule has 0 saturated carbocycles. The normalized spacial score (nSPS) is 11.9. The number of nitrogens with zero attached hydrogens (tertiary/aromatic N) is 2. The molecule has 8 nitrogen and oxygen atoms in total. The van der Waals surface area contributed by atoms with Crippen molar-refractivity contribution in [1.82, 2.24) is 10.6 Å². The van der Waals surface area contributed by atoms with Crippen LogP contribution in [-0.2, 0) is 19.2 Å². The number of Topliss-reactive ketones (excluding diaryl/α,β-unsaturated/α-hetero) is 2. The van der Waals surface area contributed by atoms with Gasteiger partial charge in [0.2, 0.25) is 11.6 Å². The van der Waals surface area contributed by atoms with Gasteiger partial charge in [0.1, 0.15) is 11.8 Å². The minimum Gasteiger partial charge on any atom is -0.349 e. The second-order valence-corrected chi connectivity index (χ2v) is 7.69. The van der Waals surface area contributed by atoms with E-state index in [2.05, 4.69) is 10.6 Å². The van der Waals surface area contributed by atoms with Gasteiger partial charge in [-0.15, -0.1) is 0 Å². The molecule has 0 aliphatic rings. The molecule has 2 N–H and O–H groups in total. The number of carbonyl (C=O) groups is 4. The van der Waals surface area contributed by atoms with Crippen LogP contribution in [0, 0.1) is 22.7 Å². The van der Waals surface area contributed by atoms with E-state index in [1.54, 1.807) is 12.1 Å². The van der Waals surface area contributed by atoms with E-state index in [1.165, 1.54) is 48.5 Å². The first kappa shape index (κ1) is 25.5. The van der Waals surface area contributed by atoms with Gasteiger partial charge in [-0.25, -0.2) is 0 Å². The highest BCUT2D eigenvalue weighted by molar-refractivity contribution is 6.39. The first-order valence-electron chi connectivity index (χ1n) is 9.72. The van der Waals surface area contributed by atoms with E-state index in [9.17, 15) is 29.7 Å². The van der Waals surface area contributed by atoms with Crippen molar-refractivity contribution in [2.75, 3.05) is 13.1 Å². The van der Waals surface area contributed by atoms with Crippen LogP contribution in [0.25, 0.3) is 0 Å². The van der Waals surface area contributed by atoms with Crippen molar-refractivity contribution in [2.45, 2.75) is 18.3 Å². The van der Waals surface area contributed by atoms with Crippen LogP contribution in [0.2, 0.25) is 10.0 Å². The molecule has 168 valence electrons. The molecule has 2 atom stereocenters. The lowest BCUT2D eigenvalue weighted by atomic mass is 9.95. The molecule has 0 aromatic heterocycles. The van der Waals surface area contributed by atoms with Gasteiger partial charge in [0.05, 0.1) is 12.1 Å². The van der Waals surface area contributed by atoms with Crippen LogP contribution in [0.5, 0.6) is 0 Å². The minimum absolute atomic E-state index is 0.0245. The largest absolute Gasteiger partial charge is 0.349 e. The molecule has 2 aromatic rings. The second kappa shape index (κ2) is 12.4. The quantitative estimate of drug-likeness (QED) is 0.392. The Morgan fingerprint density at radius 1 is 0.697 bits per heavy atom. The van der Waals surface area contributed by atoms with Crippen molar-refractivity contribution >= 4 is 46.6 Å². The molecular formula is C23H18Cl2N4O4. The molecule has 0 heterocycles. The van der Waals surface area contributed by atoms with E-state index in [-0.39, 0.29) is 19.5 Å². The van der Waals surface area contributed by atoms with Crippen molar-refractivity contribution in [3.63, 3.8) is 0 Å². The number of nitrogens with one attached hydrogen (secondary N) is 2. The topological polar surface area (TPSA) is 140 Å². The molecule has 10 heteroatoms. The summed E-state index contributed by atoms with van der Waals surface area (Å²) in [5.41, 5.74) is 0.695. The Morgan fingerprint density at radius 2 is 1.03 bits per heavy atom. The smallest absolute Gasteiger partial charge is 0.289 e.